The average molecular weight is 271 g/mol. The molecule has 0 spiro atoms. The van der Waals surface area contributed by atoms with Crippen LogP contribution in [0.1, 0.15) is 52.4 Å². The number of hydrogen-bond acceptors (Lipinski definition) is 2. The van der Waals surface area contributed by atoms with E-state index in [-0.39, 0.29) is 35.3 Å². The van der Waals surface area contributed by atoms with Gasteiger partial charge < -0.3 is 0 Å². The van der Waals surface area contributed by atoms with E-state index in [1.807, 2.05) is 0 Å². The van der Waals surface area contributed by atoms with Crippen molar-refractivity contribution < 1.29 is 13.0 Å². The first-order chi connectivity index (χ1) is 7.38. The molecule has 3 nitrogen and oxygen atoms in total. The van der Waals surface area contributed by atoms with Crippen LogP contribution in [0.25, 0.3) is 0 Å². The van der Waals surface area contributed by atoms with Crippen molar-refractivity contribution in [3.05, 3.63) is 0 Å². The predicted octanol–water partition coefficient (Wildman–Crippen LogP) is 2.74. The van der Waals surface area contributed by atoms with Gasteiger partial charge in [-0.15, -0.1) is 0 Å². The minimum absolute atomic E-state index is 0. The van der Waals surface area contributed by atoms with Crippen molar-refractivity contribution in [3.8, 4) is 0 Å². The molecule has 0 amide bonds. The topological polar surface area (TPSA) is 54.4 Å². The van der Waals surface area contributed by atoms with E-state index in [2.05, 4.69) is 13.8 Å². The molecule has 1 aliphatic rings. The van der Waals surface area contributed by atoms with E-state index >= 15 is 0 Å². The van der Waals surface area contributed by atoms with Gasteiger partial charge in [0.2, 0.25) is 0 Å². The van der Waals surface area contributed by atoms with Crippen molar-refractivity contribution in [1.29, 1.82) is 0 Å². The van der Waals surface area contributed by atoms with Gasteiger partial charge in [-0.25, -0.2) is 0 Å². The van der Waals surface area contributed by atoms with E-state index in [4.69, 9.17) is 4.55 Å². The zero-order chi connectivity index (χ0) is 12.2. The van der Waals surface area contributed by atoms with Crippen LogP contribution in [0.3, 0.4) is 0 Å². The summed E-state index contributed by atoms with van der Waals surface area (Å²) >= 11 is 0. The molecular weight excluding hydrogens is 247 g/mol. The zero-order valence-corrected chi connectivity index (χ0v) is 14.2. The summed E-state index contributed by atoms with van der Waals surface area (Å²) < 4.78 is 29.7. The minimum atomic E-state index is -3.75. The second-order valence-electron chi connectivity index (χ2n) is 5.44. The third-order valence-corrected chi connectivity index (χ3v) is 4.66. The Morgan fingerprint density at radius 3 is 2.41 bits per heavy atom. The fraction of sp³-hybridized carbons (Fsp3) is 1.00. The Morgan fingerprint density at radius 1 is 1.18 bits per heavy atom. The Hall–Kier alpha value is 0.910. The van der Waals surface area contributed by atoms with Crippen LogP contribution in [-0.4, -0.2) is 48.3 Å². The Labute approximate surface area is 128 Å². The third-order valence-electron chi connectivity index (χ3n) is 3.85. The second-order valence-corrected chi connectivity index (χ2v) is 7.01. The van der Waals surface area contributed by atoms with E-state index < -0.39 is 10.1 Å². The molecule has 0 saturated heterocycles. The van der Waals surface area contributed by atoms with E-state index in [9.17, 15) is 8.42 Å². The minimum Gasteiger partial charge on any atom is -0.286 e. The zero-order valence-electron chi connectivity index (χ0n) is 11.4. The summed E-state index contributed by atoms with van der Waals surface area (Å²) in [6.07, 6.45) is 6.55. The molecule has 0 aromatic carbocycles. The molecule has 0 aromatic rings. The molecule has 5 heteroatoms. The van der Waals surface area contributed by atoms with Crippen LogP contribution in [0.5, 0.6) is 0 Å². The Bertz CT molecular complexity index is 303. The van der Waals surface area contributed by atoms with Gasteiger partial charge in [0.25, 0.3) is 10.1 Å². The van der Waals surface area contributed by atoms with Crippen molar-refractivity contribution in [2.45, 2.75) is 52.4 Å². The van der Waals surface area contributed by atoms with Gasteiger partial charge in [-0.2, -0.15) is 8.42 Å². The summed E-state index contributed by atoms with van der Waals surface area (Å²) in [5.41, 5.74) is 0. The maximum atomic E-state index is 10.6. The molecule has 3 unspecified atom stereocenters. The van der Waals surface area contributed by atoms with Gasteiger partial charge in [0.15, 0.2) is 0 Å². The van der Waals surface area contributed by atoms with Crippen LogP contribution >= 0.6 is 0 Å². The van der Waals surface area contributed by atoms with Gasteiger partial charge in [0, 0.05) is 29.6 Å². The molecule has 0 aromatic heterocycles. The Balaban J connectivity index is 0.00000256. The monoisotopic (exact) mass is 271 g/mol. The van der Waals surface area contributed by atoms with E-state index in [1.165, 1.54) is 19.3 Å². The molecule has 17 heavy (non-hydrogen) atoms. The first-order valence-electron chi connectivity index (χ1n) is 6.33. The van der Waals surface area contributed by atoms with Gasteiger partial charge in [-0.05, 0) is 30.6 Å². The molecule has 0 bridgehead atoms. The summed E-state index contributed by atoms with van der Waals surface area (Å²) in [6, 6.07) is 0. The fourth-order valence-corrected chi connectivity index (χ4v) is 3.31. The average Bonchev–Trinajstić information content (AvgIpc) is 2.16. The van der Waals surface area contributed by atoms with Crippen LogP contribution in [-0.2, 0) is 10.1 Å². The van der Waals surface area contributed by atoms with E-state index in [1.54, 1.807) is 0 Å². The van der Waals surface area contributed by atoms with E-state index in [0.717, 1.165) is 30.6 Å². The predicted molar refractivity (Wildman–Crippen MR) is 71.7 cm³/mol. The van der Waals surface area contributed by atoms with E-state index in [0.29, 0.717) is 6.42 Å². The molecule has 1 aliphatic carbocycles. The molecule has 1 fully saturated rings. The summed E-state index contributed by atoms with van der Waals surface area (Å²) in [7, 11) is -3.75. The fourth-order valence-electron chi connectivity index (χ4n) is 2.74. The molecule has 0 aliphatic heterocycles. The molecular formula is C12H24NaO3S. The standard InChI is InChI=1S/C12H24O3S.Na/c1-10-6-7-11(2)12(9-10)5-3-4-8-16(13,14)15;/h10-12H,3-9H2,1-2H3,(H,13,14,15);. The van der Waals surface area contributed by atoms with Gasteiger partial charge in [0.05, 0.1) is 5.75 Å². The Morgan fingerprint density at radius 2 is 1.82 bits per heavy atom. The second kappa shape index (κ2) is 8.16. The van der Waals surface area contributed by atoms with Gasteiger partial charge in [0.1, 0.15) is 0 Å². The van der Waals surface area contributed by atoms with Crippen LogP contribution in [0, 0.1) is 17.8 Å². The summed E-state index contributed by atoms with van der Waals surface area (Å²) in [5, 5.41) is 0. The quantitative estimate of drug-likeness (QED) is 0.475. The maximum Gasteiger partial charge on any atom is 0.264 e. The normalized spacial score (nSPS) is 29.7. The summed E-state index contributed by atoms with van der Waals surface area (Å²) in [4.78, 5) is 0. The van der Waals surface area contributed by atoms with Crippen molar-refractivity contribution in [1.82, 2.24) is 0 Å². The smallest absolute Gasteiger partial charge is 0.264 e. The number of rotatable bonds is 5. The van der Waals surface area contributed by atoms with Gasteiger partial charge in [-0.1, -0.05) is 39.5 Å². The van der Waals surface area contributed by atoms with Crippen molar-refractivity contribution in [2.75, 3.05) is 5.75 Å². The first-order valence-corrected chi connectivity index (χ1v) is 7.94. The molecule has 97 valence electrons. The largest absolute Gasteiger partial charge is 0.286 e. The molecule has 1 N–H and O–H groups in total. The Kier molecular flexibility index (Phi) is 8.59. The molecule has 3 atom stereocenters. The number of hydrogen-bond donors (Lipinski definition) is 1. The number of unbranched alkanes of at least 4 members (excludes halogenated alkanes) is 1. The first kappa shape index (κ1) is 17.9. The van der Waals surface area contributed by atoms with Crippen LogP contribution in [0.4, 0.5) is 0 Å². The van der Waals surface area contributed by atoms with Gasteiger partial charge in [-0.3, -0.25) is 4.55 Å². The molecule has 1 radical (unpaired) electrons. The third kappa shape index (κ3) is 7.83. The van der Waals surface area contributed by atoms with Gasteiger partial charge >= 0.3 is 0 Å². The van der Waals surface area contributed by atoms with Crippen molar-refractivity contribution >= 4 is 39.7 Å². The van der Waals surface area contributed by atoms with Crippen LogP contribution in [0.2, 0.25) is 0 Å². The molecule has 1 rings (SSSR count). The van der Waals surface area contributed by atoms with Crippen molar-refractivity contribution in [3.63, 3.8) is 0 Å². The SMILES string of the molecule is CC1CCC(C)C(CCCCS(=O)(=O)O)C1.[Na]. The van der Waals surface area contributed by atoms with Crippen LogP contribution < -0.4 is 0 Å². The summed E-state index contributed by atoms with van der Waals surface area (Å²) in [6.45, 7) is 4.61. The molecule has 0 heterocycles. The summed E-state index contributed by atoms with van der Waals surface area (Å²) in [5.74, 6) is 2.28. The van der Waals surface area contributed by atoms with Crippen LogP contribution in [0.15, 0.2) is 0 Å². The van der Waals surface area contributed by atoms with Crippen molar-refractivity contribution in [2.24, 2.45) is 17.8 Å². The molecule has 1 saturated carbocycles. The maximum absolute atomic E-state index is 10.6.